The molecule has 1 aliphatic heterocycles. The number of carboxylic acids is 1. The summed E-state index contributed by atoms with van der Waals surface area (Å²) in [5, 5.41) is 10.2. The van der Waals surface area contributed by atoms with Gasteiger partial charge in [0, 0.05) is 35.6 Å². The number of carbonyl (C=O) groups is 1. The number of carboxylic acid groups (broad SMARTS) is 1. The quantitative estimate of drug-likeness (QED) is 0.566. The molecule has 1 fully saturated rings. The summed E-state index contributed by atoms with van der Waals surface area (Å²) in [6, 6.07) is 5.03. The summed E-state index contributed by atoms with van der Waals surface area (Å²) in [7, 11) is 0. The maximum absolute atomic E-state index is 14.1. The monoisotopic (exact) mass is 456 g/mol. The summed E-state index contributed by atoms with van der Waals surface area (Å²) >= 11 is 0. The molecule has 0 radical (unpaired) electrons. The van der Waals surface area contributed by atoms with Crippen LogP contribution in [0.1, 0.15) is 76.1 Å². The largest absolute Gasteiger partial charge is 0.479 e. The summed E-state index contributed by atoms with van der Waals surface area (Å²) in [6.45, 7) is 17.2. The highest BCUT2D eigenvalue weighted by atomic mass is 19.1. The van der Waals surface area contributed by atoms with Crippen molar-refractivity contribution >= 4 is 11.7 Å². The van der Waals surface area contributed by atoms with Crippen molar-refractivity contribution in [2.45, 2.75) is 79.9 Å². The van der Waals surface area contributed by atoms with Gasteiger partial charge in [0.1, 0.15) is 5.82 Å². The number of benzene rings is 1. The lowest BCUT2D eigenvalue weighted by atomic mass is 9.81. The Balaban J connectivity index is 2.32. The minimum atomic E-state index is -1.16. The number of anilines is 1. The summed E-state index contributed by atoms with van der Waals surface area (Å²) in [5.74, 6) is -1.31. The zero-order chi connectivity index (χ0) is 24.7. The van der Waals surface area contributed by atoms with Crippen LogP contribution in [0, 0.1) is 32.0 Å². The number of nitrogens with zero attached hydrogens (tertiary/aromatic N) is 2. The third-order valence-electron chi connectivity index (χ3n) is 6.42. The second-order valence-electron chi connectivity index (χ2n) is 11.0. The number of ether oxygens (including phenoxy) is 1. The first kappa shape index (κ1) is 25.2. The summed E-state index contributed by atoms with van der Waals surface area (Å²) in [6.07, 6.45) is 0.822. The SMILES string of the molecule is Cc1cc(-c2c(C)nc(C)c(C(OC(C)(C)C)C(=O)O)c2N2CCC(C)(C)CC2)ccc1F. The van der Waals surface area contributed by atoms with Crippen molar-refractivity contribution in [2.24, 2.45) is 5.41 Å². The molecule has 6 heteroatoms. The summed E-state index contributed by atoms with van der Waals surface area (Å²) in [4.78, 5) is 19.5. The molecule has 33 heavy (non-hydrogen) atoms. The second-order valence-corrected chi connectivity index (χ2v) is 11.0. The minimum absolute atomic E-state index is 0.231. The van der Waals surface area contributed by atoms with Gasteiger partial charge in [-0.2, -0.15) is 0 Å². The highest BCUT2D eigenvalue weighted by Gasteiger charge is 2.36. The molecule has 0 amide bonds. The molecule has 0 aliphatic carbocycles. The van der Waals surface area contributed by atoms with E-state index in [-0.39, 0.29) is 11.2 Å². The molecule has 5 nitrogen and oxygen atoms in total. The predicted molar refractivity (Wildman–Crippen MR) is 130 cm³/mol. The lowest BCUT2D eigenvalue weighted by Gasteiger charge is -2.41. The van der Waals surface area contributed by atoms with Gasteiger partial charge in [0.05, 0.1) is 11.3 Å². The highest BCUT2D eigenvalue weighted by molar-refractivity contribution is 5.88. The van der Waals surface area contributed by atoms with Gasteiger partial charge in [-0.05, 0) is 83.1 Å². The van der Waals surface area contributed by atoms with E-state index in [1.165, 1.54) is 6.07 Å². The average Bonchev–Trinajstić information content (AvgIpc) is 2.68. The maximum atomic E-state index is 14.1. The Hall–Kier alpha value is -2.47. The van der Waals surface area contributed by atoms with Gasteiger partial charge in [0.25, 0.3) is 0 Å². The average molecular weight is 457 g/mol. The van der Waals surface area contributed by atoms with Crippen molar-refractivity contribution in [1.82, 2.24) is 4.98 Å². The third kappa shape index (κ3) is 5.55. The van der Waals surface area contributed by atoms with Crippen molar-refractivity contribution < 1.29 is 19.0 Å². The number of hydrogen-bond acceptors (Lipinski definition) is 4. The normalized spacial score (nSPS) is 17.2. The van der Waals surface area contributed by atoms with Gasteiger partial charge < -0.3 is 14.7 Å². The van der Waals surface area contributed by atoms with Crippen molar-refractivity contribution in [1.29, 1.82) is 0 Å². The fraction of sp³-hybridized carbons (Fsp3) is 0.556. The van der Waals surface area contributed by atoms with Crippen LogP contribution in [0.2, 0.25) is 0 Å². The van der Waals surface area contributed by atoms with E-state index >= 15 is 0 Å². The van der Waals surface area contributed by atoms with Gasteiger partial charge in [-0.25, -0.2) is 9.18 Å². The Morgan fingerprint density at radius 3 is 2.27 bits per heavy atom. The van der Waals surface area contributed by atoms with Crippen LogP contribution in [0.15, 0.2) is 18.2 Å². The molecule has 2 heterocycles. The Morgan fingerprint density at radius 2 is 1.76 bits per heavy atom. The first-order valence-corrected chi connectivity index (χ1v) is 11.6. The summed E-state index contributed by atoms with van der Waals surface area (Å²) < 4.78 is 20.2. The van der Waals surface area contributed by atoms with Crippen molar-refractivity contribution in [3.8, 4) is 11.1 Å². The number of aryl methyl sites for hydroxylation is 3. The lowest BCUT2D eigenvalue weighted by Crippen LogP contribution is -2.39. The number of pyridine rings is 1. The second kappa shape index (κ2) is 9.05. The molecule has 1 saturated heterocycles. The Labute approximate surface area is 197 Å². The molecule has 0 bridgehead atoms. The fourth-order valence-corrected chi connectivity index (χ4v) is 4.56. The van der Waals surface area contributed by atoms with Crippen LogP contribution in [-0.2, 0) is 9.53 Å². The van der Waals surface area contributed by atoms with Crippen LogP contribution in [0.5, 0.6) is 0 Å². The number of aromatic nitrogens is 1. The molecule has 180 valence electrons. The van der Waals surface area contributed by atoms with Crippen LogP contribution < -0.4 is 4.90 Å². The van der Waals surface area contributed by atoms with E-state index in [1.54, 1.807) is 13.0 Å². The molecule has 1 atom stereocenters. The van der Waals surface area contributed by atoms with Gasteiger partial charge in [0.2, 0.25) is 0 Å². The standard InChI is InChI=1S/C27H37FN2O3/c1-16-15-19(9-10-20(16)28)21-17(2)29-18(3)22(24(25(31)32)33-26(4,5)6)23(21)30-13-11-27(7,8)12-14-30/h9-10,15,24H,11-14H2,1-8H3,(H,31,32). The minimum Gasteiger partial charge on any atom is -0.479 e. The highest BCUT2D eigenvalue weighted by Crippen LogP contribution is 2.45. The Morgan fingerprint density at radius 1 is 1.15 bits per heavy atom. The number of hydrogen-bond donors (Lipinski definition) is 1. The molecular formula is C27H37FN2O3. The van der Waals surface area contributed by atoms with Crippen LogP contribution >= 0.6 is 0 Å². The third-order valence-corrected chi connectivity index (χ3v) is 6.42. The molecule has 1 aromatic carbocycles. The number of aliphatic carboxylic acids is 1. The van der Waals surface area contributed by atoms with Crippen molar-refractivity contribution in [3.05, 3.63) is 46.5 Å². The van der Waals surface area contributed by atoms with E-state index in [2.05, 4.69) is 18.7 Å². The van der Waals surface area contributed by atoms with E-state index in [9.17, 15) is 14.3 Å². The van der Waals surface area contributed by atoms with E-state index < -0.39 is 17.7 Å². The molecular weight excluding hydrogens is 419 g/mol. The van der Waals surface area contributed by atoms with Gasteiger partial charge in [0.15, 0.2) is 6.10 Å². The predicted octanol–water partition coefficient (Wildman–Crippen LogP) is 6.38. The number of piperidine rings is 1. The zero-order valence-corrected chi connectivity index (χ0v) is 21.2. The van der Waals surface area contributed by atoms with Crippen LogP contribution in [0.4, 0.5) is 10.1 Å². The van der Waals surface area contributed by atoms with E-state index in [1.807, 2.05) is 40.7 Å². The molecule has 1 unspecified atom stereocenters. The summed E-state index contributed by atoms with van der Waals surface area (Å²) in [5.41, 5.74) is 4.66. The van der Waals surface area contributed by atoms with E-state index in [4.69, 9.17) is 9.72 Å². The van der Waals surface area contributed by atoms with Gasteiger partial charge in [-0.3, -0.25) is 4.98 Å². The molecule has 2 aromatic rings. The van der Waals surface area contributed by atoms with Crippen molar-refractivity contribution in [3.63, 3.8) is 0 Å². The van der Waals surface area contributed by atoms with Crippen molar-refractivity contribution in [2.75, 3.05) is 18.0 Å². The topological polar surface area (TPSA) is 62.7 Å². The maximum Gasteiger partial charge on any atom is 0.337 e. The molecule has 1 aromatic heterocycles. The van der Waals surface area contributed by atoms with E-state index in [0.717, 1.165) is 48.4 Å². The van der Waals surface area contributed by atoms with Gasteiger partial charge in [-0.15, -0.1) is 0 Å². The molecule has 0 spiro atoms. The molecule has 1 aliphatic rings. The van der Waals surface area contributed by atoms with E-state index in [0.29, 0.717) is 16.8 Å². The lowest BCUT2D eigenvalue weighted by molar-refractivity contribution is -0.160. The van der Waals surface area contributed by atoms with Gasteiger partial charge in [-0.1, -0.05) is 19.9 Å². The Bertz CT molecular complexity index is 1050. The number of halogens is 1. The Kier molecular flexibility index (Phi) is 6.90. The molecule has 0 saturated carbocycles. The first-order valence-electron chi connectivity index (χ1n) is 11.6. The first-order chi connectivity index (χ1) is 15.2. The smallest absolute Gasteiger partial charge is 0.337 e. The van der Waals surface area contributed by atoms with Crippen LogP contribution in [0.3, 0.4) is 0 Å². The van der Waals surface area contributed by atoms with Crippen LogP contribution in [-0.4, -0.2) is 34.8 Å². The van der Waals surface area contributed by atoms with Gasteiger partial charge >= 0.3 is 5.97 Å². The number of rotatable bonds is 5. The zero-order valence-electron chi connectivity index (χ0n) is 21.2. The molecule has 1 N–H and O–H groups in total. The fourth-order valence-electron chi connectivity index (χ4n) is 4.56. The molecule has 3 rings (SSSR count). The van der Waals surface area contributed by atoms with Crippen LogP contribution in [0.25, 0.3) is 11.1 Å².